The number of benzene rings is 2. The summed E-state index contributed by atoms with van der Waals surface area (Å²) in [5, 5.41) is 19.3. The Bertz CT molecular complexity index is 846. The van der Waals surface area contributed by atoms with E-state index in [-0.39, 0.29) is 16.9 Å². The maximum atomic E-state index is 11.7. The van der Waals surface area contributed by atoms with Crippen LogP contribution in [0.4, 0.5) is 0 Å². The van der Waals surface area contributed by atoms with Crippen LogP contribution in [0, 0.1) is 0 Å². The van der Waals surface area contributed by atoms with E-state index in [2.05, 4.69) is 0 Å². The molecule has 2 aromatic rings. The smallest absolute Gasteiger partial charge is 0.344 e. The highest BCUT2D eigenvalue weighted by Gasteiger charge is 2.20. The molecule has 0 radical (unpaired) electrons. The molecule has 2 rings (SSSR count). The van der Waals surface area contributed by atoms with Gasteiger partial charge in [0, 0.05) is 0 Å². The molecule has 132 valence electrons. The minimum atomic E-state index is -1.24. The van der Waals surface area contributed by atoms with Gasteiger partial charge in [0.05, 0.1) is 5.56 Å². The van der Waals surface area contributed by atoms with E-state index in [4.69, 9.17) is 14.6 Å². The van der Waals surface area contributed by atoms with Crippen molar-refractivity contribution in [2.75, 3.05) is 6.61 Å². The van der Waals surface area contributed by atoms with Gasteiger partial charge in [-0.05, 0) is 49.7 Å². The lowest BCUT2D eigenvalue weighted by molar-refractivity contribution is -0.157. The average molecular weight is 346 g/mol. The number of hydrogen-bond donors (Lipinski definition) is 2. The fourth-order valence-corrected chi connectivity index (χ4v) is 2.29. The van der Waals surface area contributed by atoms with Crippen molar-refractivity contribution in [3.8, 4) is 5.75 Å². The first-order valence-corrected chi connectivity index (χ1v) is 7.46. The molecular formula is C18H18O7. The van der Waals surface area contributed by atoms with Crippen LogP contribution in [-0.4, -0.2) is 40.3 Å². The van der Waals surface area contributed by atoms with Gasteiger partial charge in [0.25, 0.3) is 0 Å². The van der Waals surface area contributed by atoms with Gasteiger partial charge < -0.3 is 19.7 Å². The Morgan fingerprint density at radius 2 is 1.68 bits per heavy atom. The first-order valence-electron chi connectivity index (χ1n) is 7.46. The molecule has 0 fully saturated rings. The molecule has 0 saturated heterocycles. The third-order valence-corrected chi connectivity index (χ3v) is 3.21. The molecule has 0 amide bonds. The summed E-state index contributed by atoms with van der Waals surface area (Å²) >= 11 is 0. The van der Waals surface area contributed by atoms with Crippen molar-refractivity contribution in [2.24, 2.45) is 0 Å². The fraction of sp³-hybridized carbons (Fsp3) is 0.278. The van der Waals surface area contributed by atoms with Crippen LogP contribution in [0.2, 0.25) is 0 Å². The molecule has 0 bridgehead atoms. The zero-order valence-electron chi connectivity index (χ0n) is 14.0. The summed E-state index contributed by atoms with van der Waals surface area (Å²) in [6.07, 6.45) is 0. The molecule has 0 atom stereocenters. The summed E-state index contributed by atoms with van der Waals surface area (Å²) in [6.45, 7) is 4.70. The summed E-state index contributed by atoms with van der Waals surface area (Å²) in [5.41, 5.74) is -0.767. The molecule has 0 aliphatic heterocycles. The summed E-state index contributed by atoms with van der Waals surface area (Å²) in [5.74, 6) is -2.96. The molecule has 7 nitrogen and oxygen atoms in total. The summed E-state index contributed by atoms with van der Waals surface area (Å²) < 4.78 is 10.4. The monoisotopic (exact) mass is 346 g/mol. The summed E-state index contributed by atoms with van der Waals surface area (Å²) in [4.78, 5) is 34.4. The number of carbonyl (C=O) groups excluding carboxylic acids is 1. The molecule has 0 heterocycles. The molecule has 7 heteroatoms. The van der Waals surface area contributed by atoms with E-state index in [0.717, 1.165) is 0 Å². The van der Waals surface area contributed by atoms with E-state index < -0.39 is 30.1 Å². The van der Waals surface area contributed by atoms with Crippen LogP contribution in [0.5, 0.6) is 5.75 Å². The van der Waals surface area contributed by atoms with Crippen LogP contribution in [0.1, 0.15) is 41.5 Å². The standard InChI is InChI=1S/C18H18O7/c1-18(2,3)25-14(19)9-24-13-7-5-10-8-11(16(20)21)4-6-12(10)15(13)17(22)23/h4-8H,9H2,1-3H3,(H,20,21)(H,22,23). The maximum Gasteiger partial charge on any atom is 0.344 e. The number of hydrogen-bond acceptors (Lipinski definition) is 5. The van der Waals surface area contributed by atoms with Crippen LogP contribution < -0.4 is 4.74 Å². The van der Waals surface area contributed by atoms with E-state index in [0.29, 0.717) is 10.8 Å². The number of esters is 1. The van der Waals surface area contributed by atoms with Crippen molar-refractivity contribution in [1.82, 2.24) is 0 Å². The van der Waals surface area contributed by atoms with Gasteiger partial charge in [0.15, 0.2) is 6.61 Å². The van der Waals surface area contributed by atoms with Crippen LogP contribution >= 0.6 is 0 Å². The number of rotatable bonds is 5. The largest absolute Gasteiger partial charge is 0.481 e. The Morgan fingerprint density at radius 1 is 1.00 bits per heavy atom. The Morgan fingerprint density at radius 3 is 2.24 bits per heavy atom. The van der Waals surface area contributed by atoms with Gasteiger partial charge in [-0.3, -0.25) is 0 Å². The maximum absolute atomic E-state index is 11.7. The summed E-state index contributed by atoms with van der Waals surface area (Å²) in [7, 11) is 0. The third kappa shape index (κ3) is 4.47. The van der Waals surface area contributed by atoms with E-state index in [1.54, 1.807) is 26.8 Å². The fourth-order valence-electron chi connectivity index (χ4n) is 2.29. The number of aromatic carboxylic acids is 2. The molecule has 0 aliphatic carbocycles. The molecular weight excluding hydrogens is 328 g/mol. The second kappa shape index (κ2) is 6.80. The van der Waals surface area contributed by atoms with Crippen molar-refractivity contribution in [3.63, 3.8) is 0 Å². The molecule has 0 aliphatic rings. The quantitative estimate of drug-likeness (QED) is 0.801. The number of carboxylic acids is 2. The highest BCUT2D eigenvalue weighted by Crippen LogP contribution is 2.29. The molecule has 0 saturated carbocycles. The van der Waals surface area contributed by atoms with Crippen molar-refractivity contribution < 1.29 is 34.1 Å². The van der Waals surface area contributed by atoms with E-state index in [9.17, 15) is 19.5 Å². The average Bonchev–Trinajstić information content (AvgIpc) is 2.49. The van der Waals surface area contributed by atoms with Gasteiger partial charge in [-0.2, -0.15) is 0 Å². The lowest BCUT2D eigenvalue weighted by atomic mass is 10.0. The lowest BCUT2D eigenvalue weighted by Gasteiger charge is -2.19. The normalized spacial score (nSPS) is 11.2. The topological polar surface area (TPSA) is 110 Å². The molecule has 2 aromatic carbocycles. The second-order valence-electron chi connectivity index (χ2n) is 6.36. The predicted molar refractivity (Wildman–Crippen MR) is 89.2 cm³/mol. The molecule has 25 heavy (non-hydrogen) atoms. The highest BCUT2D eigenvalue weighted by atomic mass is 16.6. The molecule has 0 aromatic heterocycles. The predicted octanol–water partition coefficient (Wildman–Crippen LogP) is 2.96. The molecule has 2 N–H and O–H groups in total. The van der Waals surface area contributed by atoms with Crippen molar-refractivity contribution >= 4 is 28.7 Å². The van der Waals surface area contributed by atoms with Crippen LogP contribution in [0.25, 0.3) is 10.8 Å². The number of fused-ring (bicyclic) bond motifs is 1. The Kier molecular flexibility index (Phi) is 4.97. The lowest BCUT2D eigenvalue weighted by Crippen LogP contribution is -2.27. The minimum absolute atomic E-state index is 0.00827. The minimum Gasteiger partial charge on any atom is -0.481 e. The van der Waals surface area contributed by atoms with Gasteiger partial charge in [-0.25, -0.2) is 14.4 Å². The number of carboxylic acid groups (broad SMARTS) is 2. The van der Waals surface area contributed by atoms with Gasteiger partial charge in [-0.1, -0.05) is 12.1 Å². The molecule has 0 spiro atoms. The molecule has 0 unspecified atom stereocenters. The van der Waals surface area contributed by atoms with Crippen molar-refractivity contribution in [3.05, 3.63) is 41.5 Å². The third-order valence-electron chi connectivity index (χ3n) is 3.21. The zero-order chi connectivity index (χ0) is 18.8. The first kappa shape index (κ1) is 18.3. The van der Waals surface area contributed by atoms with Gasteiger partial charge in [0.2, 0.25) is 0 Å². The van der Waals surface area contributed by atoms with Crippen molar-refractivity contribution in [1.29, 1.82) is 0 Å². The number of ether oxygens (including phenoxy) is 2. The SMILES string of the molecule is CC(C)(C)OC(=O)COc1ccc2cc(C(=O)O)ccc2c1C(=O)O. The van der Waals surface area contributed by atoms with E-state index in [1.807, 2.05) is 0 Å². The van der Waals surface area contributed by atoms with Crippen molar-refractivity contribution in [2.45, 2.75) is 26.4 Å². The van der Waals surface area contributed by atoms with Crippen LogP contribution in [0.15, 0.2) is 30.3 Å². The van der Waals surface area contributed by atoms with E-state index in [1.165, 1.54) is 24.3 Å². The Labute approximate surface area is 143 Å². The Hall–Kier alpha value is -3.09. The first-order chi connectivity index (χ1) is 11.6. The van der Waals surface area contributed by atoms with Crippen LogP contribution in [-0.2, 0) is 9.53 Å². The van der Waals surface area contributed by atoms with E-state index >= 15 is 0 Å². The second-order valence-corrected chi connectivity index (χ2v) is 6.36. The van der Waals surface area contributed by atoms with Gasteiger partial charge in [0.1, 0.15) is 16.9 Å². The zero-order valence-corrected chi connectivity index (χ0v) is 14.0. The van der Waals surface area contributed by atoms with Gasteiger partial charge in [-0.15, -0.1) is 0 Å². The Balaban J connectivity index is 2.35. The highest BCUT2D eigenvalue weighted by molar-refractivity contribution is 6.07. The summed E-state index contributed by atoms with van der Waals surface area (Å²) in [6, 6.07) is 7.03. The number of carbonyl (C=O) groups is 3. The van der Waals surface area contributed by atoms with Crippen LogP contribution in [0.3, 0.4) is 0 Å². The van der Waals surface area contributed by atoms with Gasteiger partial charge >= 0.3 is 17.9 Å².